The van der Waals surface area contributed by atoms with Gasteiger partial charge in [-0.1, -0.05) is 17.7 Å². The summed E-state index contributed by atoms with van der Waals surface area (Å²) in [5.41, 5.74) is 5.63. The Kier molecular flexibility index (Phi) is 3.66. The summed E-state index contributed by atoms with van der Waals surface area (Å²) in [5, 5.41) is 16.5. The molecule has 0 saturated carbocycles. The summed E-state index contributed by atoms with van der Waals surface area (Å²) in [4.78, 5) is 4.25. The van der Waals surface area contributed by atoms with E-state index in [1.807, 2.05) is 18.3 Å². The van der Waals surface area contributed by atoms with E-state index in [0.717, 1.165) is 44.5 Å². The van der Waals surface area contributed by atoms with E-state index in [4.69, 9.17) is 0 Å². The third-order valence-corrected chi connectivity index (χ3v) is 6.26. The number of aromatic nitrogens is 2. The number of hydrogen-bond acceptors (Lipinski definition) is 3. The summed E-state index contributed by atoms with van der Waals surface area (Å²) in [5.74, 6) is 0.361. The molecule has 2 atom stereocenters. The molecule has 0 saturated heterocycles. The molecule has 0 aliphatic carbocycles. The first-order valence-electron chi connectivity index (χ1n) is 9.61. The van der Waals surface area contributed by atoms with Crippen molar-refractivity contribution < 1.29 is 5.11 Å². The van der Waals surface area contributed by atoms with E-state index < -0.39 is 5.60 Å². The number of rotatable bonds is 1. The number of aliphatic hydroxyl groups is 1. The normalized spacial score (nSPS) is 25.5. The Morgan fingerprint density at radius 1 is 1.31 bits per heavy atom. The van der Waals surface area contributed by atoms with Crippen LogP contribution in [0, 0.1) is 6.92 Å². The molecule has 4 heteroatoms. The Labute approximate surface area is 153 Å². The van der Waals surface area contributed by atoms with Crippen LogP contribution in [0.3, 0.4) is 0 Å². The predicted octanol–water partition coefficient (Wildman–Crippen LogP) is 3.60. The highest BCUT2D eigenvalue weighted by atomic mass is 16.3. The van der Waals surface area contributed by atoms with Crippen LogP contribution in [0.5, 0.6) is 0 Å². The van der Waals surface area contributed by atoms with Crippen LogP contribution in [0.2, 0.25) is 0 Å². The number of fused-ring (bicyclic) bond motifs is 3. The average molecular weight is 347 g/mol. The van der Waals surface area contributed by atoms with Crippen molar-refractivity contribution in [2.75, 3.05) is 6.54 Å². The second kappa shape index (κ2) is 5.93. The first-order chi connectivity index (χ1) is 12.7. The molecular weight excluding hydrogens is 322 g/mol. The summed E-state index contributed by atoms with van der Waals surface area (Å²) in [6.07, 6.45) is 6.16. The van der Waals surface area contributed by atoms with Crippen molar-refractivity contribution in [1.82, 2.24) is 14.9 Å². The van der Waals surface area contributed by atoms with E-state index >= 15 is 0 Å². The minimum atomic E-state index is -0.809. The fourth-order valence-corrected chi connectivity index (χ4v) is 4.98. The molecule has 26 heavy (non-hydrogen) atoms. The second-order valence-electron chi connectivity index (χ2n) is 7.93. The molecule has 2 aliphatic rings. The minimum absolute atomic E-state index is 0.361. The zero-order chi connectivity index (χ0) is 17.7. The lowest BCUT2D eigenvalue weighted by Crippen LogP contribution is -2.28. The lowest BCUT2D eigenvalue weighted by atomic mass is 9.81. The third-order valence-electron chi connectivity index (χ3n) is 6.26. The zero-order valence-electron chi connectivity index (χ0n) is 15.2. The van der Waals surface area contributed by atoms with E-state index in [2.05, 4.69) is 40.0 Å². The van der Waals surface area contributed by atoms with E-state index in [-0.39, 0.29) is 0 Å². The van der Waals surface area contributed by atoms with Crippen molar-refractivity contribution in [3.8, 4) is 0 Å². The van der Waals surface area contributed by atoms with E-state index in [9.17, 15) is 5.11 Å². The van der Waals surface area contributed by atoms with Gasteiger partial charge in [0.1, 0.15) is 0 Å². The highest BCUT2D eigenvalue weighted by Crippen LogP contribution is 2.45. The van der Waals surface area contributed by atoms with Gasteiger partial charge in [0.25, 0.3) is 0 Å². The van der Waals surface area contributed by atoms with Crippen molar-refractivity contribution in [3.05, 3.63) is 65.1 Å². The van der Waals surface area contributed by atoms with Crippen LogP contribution in [-0.4, -0.2) is 21.2 Å². The molecule has 4 heterocycles. The van der Waals surface area contributed by atoms with Crippen molar-refractivity contribution in [2.45, 2.75) is 50.8 Å². The molecule has 0 amide bonds. The topological polar surface area (TPSA) is 50.1 Å². The van der Waals surface area contributed by atoms with Crippen LogP contribution in [-0.2, 0) is 18.7 Å². The maximum absolute atomic E-state index is 11.6. The summed E-state index contributed by atoms with van der Waals surface area (Å²) in [7, 11) is 0. The van der Waals surface area contributed by atoms with Crippen LogP contribution >= 0.6 is 0 Å². The monoisotopic (exact) mass is 347 g/mol. The van der Waals surface area contributed by atoms with Crippen LogP contribution in [0.4, 0.5) is 0 Å². The molecule has 2 unspecified atom stereocenters. The minimum Gasteiger partial charge on any atom is -0.385 e. The van der Waals surface area contributed by atoms with Crippen LogP contribution in [0.25, 0.3) is 10.9 Å². The molecule has 5 rings (SSSR count). The van der Waals surface area contributed by atoms with Gasteiger partial charge in [-0.05, 0) is 56.5 Å². The van der Waals surface area contributed by atoms with Crippen molar-refractivity contribution >= 4 is 10.9 Å². The molecule has 4 nitrogen and oxygen atoms in total. The Balaban J connectivity index is 1.68. The van der Waals surface area contributed by atoms with E-state index in [0.29, 0.717) is 5.92 Å². The fourth-order valence-electron chi connectivity index (χ4n) is 4.98. The van der Waals surface area contributed by atoms with Gasteiger partial charge in [0.05, 0.1) is 5.60 Å². The third kappa shape index (κ3) is 2.40. The van der Waals surface area contributed by atoms with Gasteiger partial charge in [0, 0.05) is 53.6 Å². The summed E-state index contributed by atoms with van der Waals surface area (Å²) in [6, 6.07) is 10.7. The average Bonchev–Trinajstić information content (AvgIpc) is 2.76. The van der Waals surface area contributed by atoms with Gasteiger partial charge in [-0.15, -0.1) is 0 Å². The highest BCUT2D eigenvalue weighted by molar-refractivity contribution is 5.86. The molecule has 0 spiro atoms. The maximum atomic E-state index is 11.6. The molecule has 2 N–H and O–H groups in total. The van der Waals surface area contributed by atoms with Crippen molar-refractivity contribution in [1.29, 1.82) is 0 Å². The molecule has 2 aromatic heterocycles. The SMILES string of the molecule is Cc1ccc2c(c1)c1c3n2CCC(O)(c2cccnc2)CC3CCNC1. The quantitative estimate of drug-likeness (QED) is 0.707. The number of aryl methyl sites for hydroxylation is 2. The number of pyridine rings is 1. The first kappa shape index (κ1) is 16.0. The van der Waals surface area contributed by atoms with Gasteiger partial charge in [-0.3, -0.25) is 4.98 Å². The van der Waals surface area contributed by atoms with Gasteiger partial charge in [0.2, 0.25) is 0 Å². The van der Waals surface area contributed by atoms with Crippen molar-refractivity contribution in [2.24, 2.45) is 0 Å². The van der Waals surface area contributed by atoms with Gasteiger partial charge < -0.3 is 15.0 Å². The lowest BCUT2D eigenvalue weighted by Gasteiger charge is -2.29. The summed E-state index contributed by atoms with van der Waals surface area (Å²) >= 11 is 0. The first-order valence-corrected chi connectivity index (χ1v) is 9.61. The van der Waals surface area contributed by atoms with Gasteiger partial charge >= 0.3 is 0 Å². The number of hydrogen-bond donors (Lipinski definition) is 2. The largest absolute Gasteiger partial charge is 0.385 e. The van der Waals surface area contributed by atoms with E-state index in [1.54, 1.807) is 6.20 Å². The lowest BCUT2D eigenvalue weighted by molar-refractivity contribution is 0.0120. The second-order valence-corrected chi connectivity index (χ2v) is 7.93. The number of benzene rings is 1. The Hall–Kier alpha value is -2.17. The molecule has 134 valence electrons. The standard InChI is InChI=1S/C22H25N3O/c1-15-4-5-20-18(11-15)19-14-24-9-6-16-12-22(26,7-10-25(20)21(16)19)17-3-2-8-23-13-17/h2-5,8,11,13,16,24,26H,6-7,9-10,12,14H2,1H3. The molecule has 0 bridgehead atoms. The summed E-state index contributed by atoms with van der Waals surface area (Å²) < 4.78 is 2.48. The molecule has 3 aromatic rings. The Morgan fingerprint density at radius 2 is 2.23 bits per heavy atom. The Morgan fingerprint density at radius 3 is 3.08 bits per heavy atom. The zero-order valence-corrected chi connectivity index (χ0v) is 15.2. The molecular formula is C22H25N3O. The molecule has 0 fully saturated rings. The van der Waals surface area contributed by atoms with E-state index in [1.165, 1.54) is 27.7 Å². The highest BCUT2D eigenvalue weighted by Gasteiger charge is 2.39. The maximum Gasteiger partial charge on any atom is 0.0934 e. The summed E-state index contributed by atoms with van der Waals surface area (Å²) in [6.45, 7) is 4.93. The molecule has 1 aromatic carbocycles. The van der Waals surface area contributed by atoms with Crippen LogP contribution in [0.15, 0.2) is 42.7 Å². The van der Waals surface area contributed by atoms with Crippen LogP contribution < -0.4 is 5.32 Å². The molecule has 2 aliphatic heterocycles. The smallest absolute Gasteiger partial charge is 0.0934 e. The van der Waals surface area contributed by atoms with Gasteiger partial charge in [-0.2, -0.15) is 0 Å². The van der Waals surface area contributed by atoms with Crippen molar-refractivity contribution in [3.63, 3.8) is 0 Å². The van der Waals surface area contributed by atoms with Gasteiger partial charge in [-0.25, -0.2) is 0 Å². The fraction of sp³-hybridized carbons (Fsp3) is 0.409. The number of nitrogens with one attached hydrogen (secondary N) is 1. The van der Waals surface area contributed by atoms with Gasteiger partial charge in [0.15, 0.2) is 0 Å². The predicted molar refractivity (Wildman–Crippen MR) is 103 cm³/mol. The number of nitrogens with zero attached hydrogens (tertiary/aromatic N) is 2. The van der Waals surface area contributed by atoms with Crippen LogP contribution in [0.1, 0.15) is 47.6 Å². The Bertz CT molecular complexity index is 962. The molecule has 0 radical (unpaired) electrons.